The van der Waals surface area contributed by atoms with E-state index in [0.717, 1.165) is 20.8 Å². The van der Waals surface area contributed by atoms with Crippen molar-refractivity contribution in [3.8, 4) is 11.5 Å². The van der Waals surface area contributed by atoms with E-state index in [1.54, 1.807) is 38.5 Å². The van der Waals surface area contributed by atoms with E-state index < -0.39 is 5.97 Å². The predicted molar refractivity (Wildman–Crippen MR) is 98.0 cm³/mol. The summed E-state index contributed by atoms with van der Waals surface area (Å²) in [4.78, 5) is 16.4. The number of fused-ring (bicyclic) bond motifs is 1. The Morgan fingerprint density at radius 1 is 1.12 bits per heavy atom. The lowest BCUT2D eigenvalue weighted by molar-refractivity contribution is -0.138. The normalized spacial score (nSPS) is 11.0. The third-order valence-electron chi connectivity index (χ3n) is 3.46. The van der Waals surface area contributed by atoms with Gasteiger partial charge in [-0.3, -0.25) is 0 Å². The Balaban J connectivity index is 1.63. The lowest BCUT2D eigenvalue weighted by Crippen LogP contribution is -2.00. The number of carbonyl (C=O) groups is 1. The van der Waals surface area contributed by atoms with Gasteiger partial charge in [0.25, 0.3) is 0 Å². The summed E-state index contributed by atoms with van der Waals surface area (Å²) in [6.07, 6.45) is 3.03. The first kappa shape index (κ1) is 17.0. The molecule has 0 amide bonds. The van der Waals surface area contributed by atoms with Crippen molar-refractivity contribution in [2.24, 2.45) is 0 Å². The molecule has 5 nitrogen and oxygen atoms in total. The van der Waals surface area contributed by atoms with Gasteiger partial charge in [0.05, 0.1) is 24.4 Å². The van der Waals surface area contributed by atoms with Crippen LogP contribution in [-0.2, 0) is 16.1 Å². The van der Waals surface area contributed by atoms with Gasteiger partial charge < -0.3 is 14.2 Å². The fraction of sp³-hybridized carbons (Fsp3) is 0.158. The predicted octanol–water partition coefficient (Wildman–Crippen LogP) is 4.07. The first-order valence-electron chi connectivity index (χ1n) is 7.60. The number of para-hydroxylation sites is 1. The van der Waals surface area contributed by atoms with Crippen LogP contribution in [0.1, 0.15) is 10.6 Å². The largest absolute Gasteiger partial charge is 0.497 e. The lowest BCUT2D eigenvalue weighted by Gasteiger charge is -2.05. The molecular formula is C19H17NO4S. The van der Waals surface area contributed by atoms with E-state index in [-0.39, 0.29) is 6.61 Å². The number of aromatic nitrogens is 1. The van der Waals surface area contributed by atoms with Gasteiger partial charge in [-0.1, -0.05) is 12.1 Å². The molecule has 0 unspecified atom stereocenters. The summed E-state index contributed by atoms with van der Waals surface area (Å²) >= 11 is 1.52. The SMILES string of the molecule is COc1cc(/C=C/C(=O)OCc2nc3ccccc3s2)cc(OC)c1. The van der Waals surface area contributed by atoms with Gasteiger partial charge in [0, 0.05) is 12.1 Å². The van der Waals surface area contributed by atoms with Crippen molar-refractivity contribution in [2.75, 3.05) is 14.2 Å². The molecular weight excluding hydrogens is 338 g/mol. The third kappa shape index (κ3) is 4.36. The molecule has 0 spiro atoms. The monoisotopic (exact) mass is 355 g/mol. The standard InChI is InChI=1S/C19H17NO4S/c1-22-14-9-13(10-15(11-14)23-2)7-8-19(21)24-12-18-20-16-5-3-4-6-17(16)25-18/h3-11H,12H2,1-2H3/b8-7+. The number of thiazole rings is 1. The van der Waals surface area contributed by atoms with Crippen LogP contribution in [0.25, 0.3) is 16.3 Å². The molecule has 0 saturated carbocycles. The Hall–Kier alpha value is -2.86. The average molecular weight is 355 g/mol. The minimum absolute atomic E-state index is 0.157. The molecule has 0 aliphatic carbocycles. The smallest absolute Gasteiger partial charge is 0.331 e. The van der Waals surface area contributed by atoms with E-state index in [2.05, 4.69) is 4.98 Å². The summed E-state index contributed by atoms with van der Waals surface area (Å²) < 4.78 is 16.7. The Bertz CT molecular complexity index is 861. The van der Waals surface area contributed by atoms with Gasteiger partial charge in [0.2, 0.25) is 0 Å². The fourth-order valence-electron chi connectivity index (χ4n) is 2.25. The third-order valence-corrected chi connectivity index (χ3v) is 4.47. The van der Waals surface area contributed by atoms with Crippen molar-refractivity contribution in [2.45, 2.75) is 6.61 Å². The second-order valence-corrected chi connectivity index (χ2v) is 6.28. The van der Waals surface area contributed by atoms with E-state index in [1.807, 2.05) is 24.3 Å². The number of nitrogens with zero attached hydrogens (tertiary/aromatic N) is 1. The van der Waals surface area contributed by atoms with Crippen molar-refractivity contribution in [3.63, 3.8) is 0 Å². The highest BCUT2D eigenvalue weighted by Crippen LogP contribution is 2.24. The maximum Gasteiger partial charge on any atom is 0.331 e. The maximum atomic E-state index is 11.9. The van der Waals surface area contributed by atoms with Crippen molar-refractivity contribution in [1.29, 1.82) is 0 Å². The fourth-order valence-corrected chi connectivity index (χ4v) is 3.13. The van der Waals surface area contributed by atoms with Crippen LogP contribution in [0, 0.1) is 0 Å². The molecule has 0 aliphatic rings. The van der Waals surface area contributed by atoms with Crippen LogP contribution in [-0.4, -0.2) is 25.2 Å². The second kappa shape index (κ2) is 7.81. The van der Waals surface area contributed by atoms with E-state index in [0.29, 0.717) is 11.5 Å². The Morgan fingerprint density at radius 3 is 2.52 bits per heavy atom. The molecule has 3 aromatic rings. The summed E-state index contributed by atoms with van der Waals surface area (Å²) in [5, 5.41) is 0.769. The maximum absolute atomic E-state index is 11.9. The molecule has 0 fully saturated rings. The first-order valence-corrected chi connectivity index (χ1v) is 8.42. The summed E-state index contributed by atoms with van der Waals surface area (Å²) in [7, 11) is 3.16. The molecule has 1 heterocycles. The van der Waals surface area contributed by atoms with Gasteiger partial charge in [-0.15, -0.1) is 11.3 Å². The Morgan fingerprint density at radius 2 is 1.84 bits per heavy atom. The van der Waals surface area contributed by atoms with E-state index in [1.165, 1.54) is 17.4 Å². The molecule has 128 valence electrons. The molecule has 1 aromatic heterocycles. The quantitative estimate of drug-likeness (QED) is 0.493. The van der Waals surface area contributed by atoms with Crippen LogP contribution in [0.4, 0.5) is 0 Å². The number of hydrogen-bond donors (Lipinski definition) is 0. The van der Waals surface area contributed by atoms with E-state index >= 15 is 0 Å². The zero-order valence-electron chi connectivity index (χ0n) is 13.9. The zero-order chi connectivity index (χ0) is 17.6. The summed E-state index contributed by atoms with van der Waals surface area (Å²) in [5.74, 6) is 0.879. The topological polar surface area (TPSA) is 57.7 Å². The number of rotatable bonds is 6. The van der Waals surface area contributed by atoms with Gasteiger partial charge in [0.15, 0.2) is 0 Å². The number of methoxy groups -OCH3 is 2. The van der Waals surface area contributed by atoms with E-state index in [9.17, 15) is 4.79 Å². The van der Waals surface area contributed by atoms with Gasteiger partial charge in [-0.25, -0.2) is 9.78 Å². The minimum atomic E-state index is -0.430. The molecule has 0 bridgehead atoms. The van der Waals surface area contributed by atoms with E-state index in [4.69, 9.17) is 14.2 Å². The van der Waals surface area contributed by atoms with Crippen molar-refractivity contribution in [1.82, 2.24) is 4.98 Å². The van der Waals surface area contributed by atoms with Crippen molar-refractivity contribution >= 4 is 33.6 Å². The highest BCUT2D eigenvalue weighted by Gasteiger charge is 2.06. The number of esters is 1. The van der Waals surface area contributed by atoms with Gasteiger partial charge in [-0.05, 0) is 35.9 Å². The number of carbonyl (C=O) groups excluding carboxylic acids is 1. The molecule has 0 atom stereocenters. The highest BCUT2D eigenvalue weighted by atomic mass is 32.1. The van der Waals surface area contributed by atoms with Gasteiger partial charge >= 0.3 is 5.97 Å². The molecule has 0 saturated heterocycles. The van der Waals surface area contributed by atoms with Gasteiger partial charge in [-0.2, -0.15) is 0 Å². The highest BCUT2D eigenvalue weighted by molar-refractivity contribution is 7.18. The molecule has 0 N–H and O–H groups in total. The molecule has 2 aromatic carbocycles. The van der Waals surface area contributed by atoms with Gasteiger partial charge in [0.1, 0.15) is 23.1 Å². The zero-order valence-corrected chi connectivity index (χ0v) is 14.7. The van der Waals surface area contributed by atoms with Crippen LogP contribution in [0.3, 0.4) is 0 Å². The first-order chi connectivity index (χ1) is 12.2. The Labute approximate surface area is 149 Å². The summed E-state index contributed by atoms with van der Waals surface area (Å²) in [6, 6.07) is 13.2. The van der Waals surface area contributed by atoms with Crippen LogP contribution >= 0.6 is 11.3 Å². The molecule has 0 aliphatic heterocycles. The molecule has 6 heteroatoms. The Kier molecular flexibility index (Phi) is 5.30. The summed E-state index contributed by atoms with van der Waals surface area (Å²) in [6.45, 7) is 0.157. The van der Waals surface area contributed by atoms with Crippen molar-refractivity contribution in [3.05, 3.63) is 59.1 Å². The molecule has 0 radical (unpaired) electrons. The molecule has 3 rings (SSSR count). The molecule has 25 heavy (non-hydrogen) atoms. The van der Waals surface area contributed by atoms with Crippen LogP contribution < -0.4 is 9.47 Å². The second-order valence-electron chi connectivity index (χ2n) is 5.16. The number of ether oxygens (including phenoxy) is 3. The van der Waals surface area contributed by atoms with Crippen LogP contribution in [0.5, 0.6) is 11.5 Å². The summed E-state index contributed by atoms with van der Waals surface area (Å²) in [5.41, 5.74) is 1.70. The number of hydrogen-bond acceptors (Lipinski definition) is 6. The lowest BCUT2D eigenvalue weighted by atomic mass is 10.2. The van der Waals surface area contributed by atoms with Crippen LogP contribution in [0.15, 0.2) is 48.5 Å². The van der Waals surface area contributed by atoms with Crippen molar-refractivity contribution < 1.29 is 19.0 Å². The average Bonchev–Trinajstić information content (AvgIpc) is 3.07. The number of benzene rings is 2. The van der Waals surface area contributed by atoms with Crippen LogP contribution in [0.2, 0.25) is 0 Å². The minimum Gasteiger partial charge on any atom is -0.497 e.